The number of likely N-dealkylation sites (tertiary alicyclic amines) is 1. The van der Waals surface area contributed by atoms with Crippen LogP contribution in [0.3, 0.4) is 0 Å². The Morgan fingerprint density at radius 2 is 1.32 bits per heavy atom. The number of nitrogens with zero attached hydrogens (tertiary/aromatic N) is 9. The molecular weight excluding hydrogens is 1230 g/mol. The van der Waals surface area contributed by atoms with Crippen LogP contribution in [0, 0.1) is 6.92 Å². The number of methoxy groups -OCH3 is 1. The van der Waals surface area contributed by atoms with E-state index in [0.717, 1.165) is 29.6 Å². The standard InChI is InChI=1S/C63H89F2N13O16/c1-44-8-10-45(11-9-44)6-4-7-53(79)68-17-33-93-32-15-51(70-54(80)39-73-19-21-74(40-56(82)83)23-25-76(42-58(86)87)26-24-75(22-20-73)41-57(84)85)61(90)71-52(35-59(88)92-3)62(91)77-29-27-72(28-30-77)18-5-31-94-47-12-13-50-49(34-47)48(14-16-67-50)60(89)69-38-55(81)78-43-63(64,65)36-46(78)37-66-2/h8-14,16,34,37,46,51-52H,4-7,15,17-33,35-36,38-43H2,1-3H3,(H,68,79)(H,69,89)(H,70,80)(H,71,90)(H,82,83)(H,84,85)(H,86,87)/b66-37+/t46-,51+,52+/m1/s1. The minimum absolute atomic E-state index is 0.0567. The van der Waals surface area contributed by atoms with Crippen LogP contribution in [0.1, 0.15) is 60.0 Å². The lowest BCUT2D eigenvalue weighted by Gasteiger charge is -2.36. The Morgan fingerprint density at radius 1 is 0.713 bits per heavy atom. The van der Waals surface area contributed by atoms with Crippen molar-refractivity contribution in [1.29, 1.82) is 0 Å². The maximum absolute atomic E-state index is 14.4. The number of halogens is 2. The molecule has 0 radical (unpaired) electrons. The van der Waals surface area contributed by atoms with E-state index in [1.165, 1.54) is 30.4 Å². The second kappa shape index (κ2) is 38.1. The van der Waals surface area contributed by atoms with E-state index < -0.39 is 103 Å². The summed E-state index contributed by atoms with van der Waals surface area (Å²) in [6, 6.07) is 10.9. The number of alkyl halides is 2. The first kappa shape index (κ1) is 74.7. The molecule has 3 aromatic rings. The van der Waals surface area contributed by atoms with Crippen molar-refractivity contribution in [3.05, 3.63) is 71.4 Å². The number of ether oxygens (including phenoxy) is 3. The highest BCUT2D eigenvalue weighted by atomic mass is 19.3. The summed E-state index contributed by atoms with van der Waals surface area (Å²) < 4.78 is 45.2. The summed E-state index contributed by atoms with van der Waals surface area (Å²) in [5, 5.41) is 40.2. The molecule has 3 aliphatic heterocycles. The van der Waals surface area contributed by atoms with Crippen LogP contribution in [0.2, 0.25) is 0 Å². The number of amides is 6. The number of fused-ring (bicyclic) bond motifs is 1. The average Bonchev–Trinajstić information content (AvgIpc) is 1.05. The SMILES string of the molecule is C/N=C/[C@H]1CC(F)(F)CN1C(=O)CNC(=O)c1ccnc2ccc(OCCCN3CCN(C(=O)[C@H](CC(=O)OC)NC(=O)[C@H](CCOCCNC(=O)CCCc4ccc(C)cc4)NC(=O)CN4CCN(CC(=O)O)CCN(CC(=O)O)CCN(CC(=O)O)CC4)CC3)cc12. The molecule has 29 nitrogen and oxygen atoms in total. The number of aryl methyl sites for hydroxylation is 2. The molecule has 31 heteroatoms. The van der Waals surface area contributed by atoms with E-state index in [0.29, 0.717) is 55.5 Å². The van der Waals surface area contributed by atoms with Gasteiger partial charge in [-0.1, -0.05) is 29.8 Å². The smallest absolute Gasteiger partial charge is 0.317 e. The van der Waals surface area contributed by atoms with E-state index >= 15 is 0 Å². The molecule has 3 saturated heterocycles. The summed E-state index contributed by atoms with van der Waals surface area (Å²) in [4.78, 5) is 150. The lowest BCUT2D eigenvalue weighted by molar-refractivity contribution is -0.147. The van der Waals surface area contributed by atoms with E-state index in [9.17, 15) is 72.0 Å². The van der Waals surface area contributed by atoms with Crippen LogP contribution in [0.4, 0.5) is 8.78 Å². The van der Waals surface area contributed by atoms with Gasteiger partial charge in [-0.2, -0.15) is 0 Å². The lowest BCUT2D eigenvalue weighted by atomic mass is 10.1. The van der Waals surface area contributed by atoms with E-state index in [2.05, 4.69) is 36.1 Å². The molecule has 0 saturated carbocycles. The Labute approximate surface area is 544 Å². The summed E-state index contributed by atoms with van der Waals surface area (Å²) in [6.07, 6.45) is 3.70. The van der Waals surface area contributed by atoms with Crippen molar-refractivity contribution < 1.29 is 86.3 Å². The molecule has 94 heavy (non-hydrogen) atoms. The van der Waals surface area contributed by atoms with Gasteiger partial charge in [0, 0.05) is 136 Å². The molecule has 2 aromatic carbocycles. The molecule has 0 spiro atoms. The van der Waals surface area contributed by atoms with Crippen molar-refractivity contribution >= 4 is 76.4 Å². The number of nitrogens with one attached hydrogen (secondary N) is 4. The lowest BCUT2D eigenvalue weighted by Crippen LogP contribution is -2.58. The predicted octanol–water partition coefficient (Wildman–Crippen LogP) is -0.323. The topological polar surface area (TPSA) is 355 Å². The Morgan fingerprint density at radius 3 is 1.91 bits per heavy atom. The molecule has 516 valence electrons. The summed E-state index contributed by atoms with van der Waals surface area (Å²) in [5.74, 6) is -10.3. The van der Waals surface area contributed by atoms with Crippen molar-refractivity contribution in [2.24, 2.45) is 4.99 Å². The Kier molecular flexibility index (Phi) is 30.3. The molecule has 3 atom stereocenters. The number of piperazine rings is 1. The van der Waals surface area contributed by atoms with E-state index in [1.807, 2.05) is 31.2 Å². The molecule has 0 bridgehead atoms. The quantitative estimate of drug-likeness (QED) is 0.0233. The molecule has 7 N–H and O–H groups in total. The van der Waals surface area contributed by atoms with Gasteiger partial charge in [0.05, 0.1) is 83.1 Å². The van der Waals surface area contributed by atoms with Crippen LogP contribution in [0.15, 0.2) is 59.7 Å². The third-order valence-corrected chi connectivity index (χ3v) is 16.2. The molecule has 6 rings (SSSR count). The van der Waals surface area contributed by atoms with Gasteiger partial charge < -0.3 is 60.6 Å². The fourth-order valence-corrected chi connectivity index (χ4v) is 11.2. The Balaban J connectivity index is 1.05. The number of hydrogen-bond acceptors (Lipinski definition) is 20. The van der Waals surface area contributed by atoms with Gasteiger partial charge in [0.1, 0.15) is 17.8 Å². The number of pyridine rings is 1. The number of carbonyl (C=O) groups is 10. The van der Waals surface area contributed by atoms with Crippen molar-refractivity contribution in [3.63, 3.8) is 0 Å². The highest BCUT2D eigenvalue weighted by molar-refractivity contribution is 6.07. The van der Waals surface area contributed by atoms with Gasteiger partial charge in [0.15, 0.2) is 0 Å². The van der Waals surface area contributed by atoms with Gasteiger partial charge in [0.2, 0.25) is 29.5 Å². The van der Waals surface area contributed by atoms with Gasteiger partial charge in [-0.15, -0.1) is 0 Å². The van der Waals surface area contributed by atoms with Crippen LogP contribution >= 0.6 is 0 Å². The zero-order valence-electron chi connectivity index (χ0n) is 53.6. The van der Waals surface area contributed by atoms with E-state index in [1.54, 1.807) is 37.8 Å². The summed E-state index contributed by atoms with van der Waals surface area (Å²) in [7, 11) is 2.57. The zero-order chi connectivity index (χ0) is 68.2. The van der Waals surface area contributed by atoms with Gasteiger partial charge in [-0.05, 0) is 62.4 Å². The van der Waals surface area contributed by atoms with Crippen molar-refractivity contribution in [2.45, 2.75) is 75.9 Å². The minimum atomic E-state index is -3.08. The molecule has 4 heterocycles. The summed E-state index contributed by atoms with van der Waals surface area (Å²) >= 11 is 0. The van der Waals surface area contributed by atoms with Gasteiger partial charge in [0.25, 0.3) is 11.8 Å². The normalized spacial score (nSPS) is 17.9. The first-order valence-electron chi connectivity index (χ1n) is 31.5. The third-order valence-electron chi connectivity index (χ3n) is 16.2. The van der Waals surface area contributed by atoms with Crippen molar-refractivity contribution in [1.82, 2.24) is 60.6 Å². The number of carboxylic acid groups (broad SMARTS) is 3. The molecular formula is C63H89F2N13O16. The number of aliphatic imine (C=N–C) groups is 1. The molecule has 0 aliphatic carbocycles. The average molecular weight is 1320 g/mol. The first-order valence-corrected chi connectivity index (χ1v) is 31.5. The Bertz CT molecular complexity index is 3050. The number of esters is 1. The number of aliphatic carboxylic acids is 3. The zero-order valence-corrected chi connectivity index (χ0v) is 53.6. The highest BCUT2D eigenvalue weighted by Crippen LogP contribution is 2.31. The third kappa shape index (κ3) is 25.9. The fraction of sp³-hybridized carbons (Fsp3) is 0.587. The van der Waals surface area contributed by atoms with E-state index in [4.69, 9.17) is 14.2 Å². The molecule has 3 fully saturated rings. The minimum Gasteiger partial charge on any atom is -0.494 e. The van der Waals surface area contributed by atoms with Crippen LogP contribution < -0.4 is 26.0 Å². The summed E-state index contributed by atoms with van der Waals surface area (Å²) in [5.41, 5.74) is 2.93. The van der Waals surface area contributed by atoms with Crippen molar-refractivity contribution in [2.75, 3.05) is 165 Å². The molecule has 6 amide bonds. The predicted molar refractivity (Wildman–Crippen MR) is 338 cm³/mol. The Hall–Kier alpha value is -8.36. The number of hydrogen-bond donors (Lipinski definition) is 7. The van der Waals surface area contributed by atoms with Crippen LogP contribution in [0.25, 0.3) is 10.9 Å². The monoisotopic (exact) mass is 1320 g/mol. The molecule has 3 aliphatic rings. The number of carbonyl (C=O) groups excluding carboxylic acids is 7. The fourth-order valence-electron chi connectivity index (χ4n) is 11.2. The van der Waals surface area contributed by atoms with Crippen molar-refractivity contribution in [3.8, 4) is 5.75 Å². The van der Waals surface area contributed by atoms with Gasteiger partial charge in [-0.3, -0.25) is 82.4 Å². The molecule has 0 unspecified atom stereocenters. The maximum atomic E-state index is 14.4. The molecule has 1 aromatic heterocycles. The second-order valence-electron chi connectivity index (χ2n) is 23.5. The number of benzene rings is 2. The van der Waals surface area contributed by atoms with Gasteiger partial charge in [-0.25, -0.2) is 8.78 Å². The number of rotatable bonds is 33. The number of carboxylic acids is 3. The second-order valence-corrected chi connectivity index (χ2v) is 23.5. The van der Waals surface area contributed by atoms with Crippen LogP contribution in [-0.4, -0.2) is 309 Å². The first-order chi connectivity index (χ1) is 45.0. The van der Waals surface area contributed by atoms with Gasteiger partial charge >= 0.3 is 23.9 Å². The highest BCUT2D eigenvalue weighted by Gasteiger charge is 2.46. The summed E-state index contributed by atoms with van der Waals surface area (Å²) in [6.45, 7) is 2.60. The maximum Gasteiger partial charge on any atom is 0.317 e. The largest absolute Gasteiger partial charge is 0.494 e. The van der Waals surface area contributed by atoms with E-state index in [-0.39, 0.29) is 136 Å². The number of aromatic nitrogens is 1. The van der Waals surface area contributed by atoms with Crippen LogP contribution in [0.5, 0.6) is 5.75 Å². The van der Waals surface area contributed by atoms with Crippen LogP contribution in [-0.2, 0) is 59.0 Å².